The van der Waals surface area contributed by atoms with E-state index in [0.29, 0.717) is 6.04 Å². The topological polar surface area (TPSA) is 28.2 Å². The Labute approximate surface area is 101 Å². The lowest BCUT2D eigenvalue weighted by molar-refractivity contribution is 0.225. The van der Waals surface area contributed by atoms with E-state index in [1.165, 1.54) is 18.0 Å². The summed E-state index contributed by atoms with van der Waals surface area (Å²) < 4.78 is 0. The van der Waals surface area contributed by atoms with Gasteiger partial charge in [-0.2, -0.15) is 0 Å². The highest BCUT2D eigenvalue weighted by atomic mass is 35.5. The molecular formula is C10H18ClN3S. The summed E-state index contributed by atoms with van der Waals surface area (Å²) in [5.74, 6) is 0. The summed E-state index contributed by atoms with van der Waals surface area (Å²) in [6.45, 7) is 6.84. The van der Waals surface area contributed by atoms with E-state index in [2.05, 4.69) is 27.5 Å². The van der Waals surface area contributed by atoms with Crippen molar-refractivity contribution in [1.29, 1.82) is 0 Å². The van der Waals surface area contributed by atoms with Crippen molar-refractivity contribution < 1.29 is 0 Å². The van der Waals surface area contributed by atoms with Crippen molar-refractivity contribution in [3.05, 3.63) is 16.6 Å². The van der Waals surface area contributed by atoms with Crippen molar-refractivity contribution in [2.24, 2.45) is 0 Å². The predicted molar refractivity (Wildman–Crippen MR) is 66.8 cm³/mol. The van der Waals surface area contributed by atoms with Crippen molar-refractivity contribution in [3.8, 4) is 0 Å². The van der Waals surface area contributed by atoms with E-state index in [9.17, 15) is 0 Å². The second-order valence-corrected chi connectivity index (χ2v) is 4.61. The average Bonchev–Trinajstić information content (AvgIpc) is 2.59. The van der Waals surface area contributed by atoms with Gasteiger partial charge in [-0.15, -0.1) is 23.7 Å². The fraction of sp³-hybridized carbons (Fsp3) is 0.700. The van der Waals surface area contributed by atoms with Gasteiger partial charge in [0.05, 0.1) is 6.04 Å². The van der Waals surface area contributed by atoms with Crippen LogP contribution in [0.3, 0.4) is 0 Å². The van der Waals surface area contributed by atoms with Gasteiger partial charge in [0, 0.05) is 31.2 Å². The smallest absolute Gasteiger partial charge is 0.109 e. The van der Waals surface area contributed by atoms with Gasteiger partial charge in [-0.25, -0.2) is 4.98 Å². The normalized spacial score (nSPS) is 20.3. The maximum absolute atomic E-state index is 4.38. The van der Waals surface area contributed by atoms with Crippen LogP contribution in [0, 0.1) is 0 Å². The van der Waals surface area contributed by atoms with Crippen molar-refractivity contribution in [2.45, 2.75) is 19.4 Å². The van der Waals surface area contributed by atoms with Crippen LogP contribution in [-0.2, 0) is 0 Å². The molecule has 1 unspecified atom stereocenters. The molecule has 1 atom stereocenters. The molecule has 0 amide bonds. The number of hydrogen-bond donors (Lipinski definition) is 1. The summed E-state index contributed by atoms with van der Waals surface area (Å²) in [5, 5.41) is 6.72. The van der Waals surface area contributed by atoms with E-state index >= 15 is 0 Å². The van der Waals surface area contributed by atoms with Crippen LogP contribution in [0.25, 0.3) is 0 Å². The second kappa shape index (κ2) is 6.43. The highest BCUT2D eigenvalue weighted by molar-refractivity contribution is 7.09. The van der Waals surface area contributed by atoms with E-state index in [1.807, 2.05) is 6.20 Å². The molecule has 1 fully saturated rings. The molecule has 0 aromatic carbocycles. The van der Waals surface area contributed by atoms with Crippen LogP contribution in [0.4, 0.5) is 0 Å². The molecule has 5 heteroatoms. The van der Waals surface area contributed by atoms with Crippen molar-refractivity contribution >= 4 is 23.7 Å². The first kappa shape index (κ1) is 12.9. The Kier molecular flexibility index (Phi) is 5.53. The Morgan fingerprint density at radius 2 is 2.33 bits per heavy atom. The zero-order chi connectivity index (χ0) is 9.80. The minimum atomic E-state index is 0. The van der Waals surface area contributed by atoms with E-state index in [-0.39, 0.29) is 12.4 Å². The number of halogens is 1. The molecule has 1 aliphatic heterocycles. The Bertz CT molecular complexity index is 258. The Hall–Kier alpha value is -0.160. The summed E-state index contributed by atoms with van der Waals surface area (Å²) in [5.41, 5.74) is 0. The zero-order valence-electron chi connectivity index (χ0n) is 8.98. The number of hydrogen-bond acceptors (Lipinski definition) is 4. The number of aromatic nitrogens is 1. The molecule has 0 saturated carbocycles. The highest BCUT2D eigenvalue weighted by Crippen LogP contribution is 2.22. The maximum atomic E-state index is 4.38. The standard InChI is InChI=1S/C10H17N3S.ClH/c1-9(10-12-5-8-14-10)13-6-2-3-11-4-7-13;/h5,8-9,11H,2-4,6-7H2,1H3;1H. The molecule has 86 valence electrons. The summed E-state index contributed by atoms with van der Waals surface area (Å²) in [6, 6.07) is 0.481. The number of thiazole rings is 1. The molecule has 15 heavy (non-hydrogen) atoms. The first-order valence-electron chi connectivity index (χ1n) is 5.22. The highest BCUT2D eigenvalue weighted by Gasteiger charge is 2.18. The van der Waals surface area contributed by atoms with Gasteiger partial charge in [-0.05, 0) is 19.9 Å². The SMILES string of the molecule is CC(c1nccs1)N1CCCNCC1.Cl. The maximum Gasteiger partial charge on any atom is 0.109 e. The molecule has 3 nitrogen and oxygen atoms in total. The Balaban J connectivity index is 0.00000112. The van der Waals surface area contributed by atoms with Gasteiger partial charge in [-0.1, -0.05) is 0 Å². The largest absolute Gasteiger partial charge is 0.315 e. The number of nitrogens with one attached hydrogen (secondary N) is 1. The van der Waals surface area contributed by atoms with Gasteiger partial charge in [0.25, 0.3) is 0 Å². The van der Waals surface area contributed by atoms with Crippen LogP contribution in [0.1, 0.15) is 24.4 Å². The van der Waals surface area contributed by atoms with Crippen LogP contribution >= 0.6 is 23.7 Å². The van der Waals surface area contributed by atoms with Gasteiger partial charge in [-0.3, -0.25) is 4.90 Å². The lowest BCUT2D eigenvalue weighted by Gasteiger charge is -2.25. The van der Waals surface area contributed by atoms with Crippen LogP contribution in [-0.4, -0.2) is 36.1 Å². The molecule has 1 aliphatic rings. The molecule has 2 rings (SSSR count). The summed E-state index contributed by atoms with van der Waals surface area (Å²) >= 11 is 1.76. The number of nitrogens with zero attached hydrogens (tertiary/aromatic N) is 2. The minimum Gasteiger partial charge on any atom is -0.315 e. The summed E-state index contributed by atoms with van der Waals surface area (Å²) in [4.78, 5) is 6.89. The van der Waals surface area contributed by atoms with E-state index in [1.54, 1.807) is 11.3 Å². The van der Waals surface area contributed by atoms with Crippen LogP contribution < -0.4 is 5.32 Å². The van der Waals surface area contributed by atoms with Gasteiger partial charge >= 0.3 is 0 Å². The van der Waals surface area contributed by atoms with Gasteiger partial charge in [0.15, 0.2) is 0 Å². The molecule has 1 saturated heterocycles. The molecule has 0 bridgehead atoms. The summed E-state index contributed by atoms with van der Waals surface area (Å²) in [6.07, 6.45) is 3.14. The van der Waals surface area contributed by atoms with Crippen molar-refractivity contribution in [3.63, 3.8) is 0 Å². The first-order chi connectivity index (χ1) is 6.88. The quantitative estimate of drug-likeness (QED) is 0.866. The lowest BCUT2D eigenvalue weighted by Crippen LogP contribution is -2.30. The molecule has 0 radical (unpaired) electrons. The fourth-order valence-electron chi connectivity index (χ4n) is 1.85. The first-order valence-corrected chi connectivity index (χ1v) is 6.10. The fourth-order valence-corrected chi connectivity index (χ4v) is 2.58. The van der Waals surface area contributed by atoms with Crippen LogP contribution in [0.15, 0.2) is 11.6 Å². The zero-order valence-corrected chi connectivity index (χ0v) is 10.6. The molecule has 1 aromatic heterocycles. The minimum absolute atomic E-state index is 0. The third kappa shape index (κ3) is 3.41. The average molecular weight is 248 g/mol. The summed E-state index contributed by atoms with van der Waals surface area (Å²) in [7, 11) is 0. The molecule has 0 aliphatic carbocycles. The van der Waals surface area contributed by atoms with Crippen molar-refractivity contribution in [2.75, 3.05) is 26.2 Å². The van der Waals surface area contributed by atoms with Crippen LogP contribution in [0.2, 0.25) is 0 Å². The lowest BCUT2D eigenvalue weighted by atomic mass is 10.2. The predicted octanol–water partition coefficient (Wildman–Crippen LogP) is 1.92. The Morgan fingerprint density at radius 1 is 1.47 bits per heavy atom. The van der Waals surface area contributed by atoms with E-state index in [4.69, 9.17) is 0 Å². The molecule has 1 N–H and O–H groups in total. The third-order valence-corrected chi connectivity index (χ3v) is 3.68. The van der Waals surface area contributed by atoms with Gasteiger partial charge < -0.3 is 5.32 Å². The van der Waals surface area contributed by atoms with Crippen LogP contribution in [0.5, 0.6) is 0 Å². The molecule has 2 heterocycles. The molecular weight excluding hydrogens is 230 g/mol. The molecule has 1 aromatic rings. The third-order valence-electron chi connectivity index (χ3n) is 2.73. The van der Waals surface area contributed by atoms with E-state index in [0.717, 1.165) is 19.6 Å². The van der Waals surface area contributed by atoms with E-state index < -0.39 is 0 Å². The van der Waals surface area contributed by atoms with Gasteiger partial charge in [0.1, 0.15) is 5.01 Å². The van der Waals surface area contributed by atoms with Gasteiger partial charge in [0.2, 0.25) is 0 Å². The monoisotopic (exact) mass is 247 g/mol. The second-order valence-electron chi connectivity index (χ2n) is 3.69. The molecule has 0 spiro atoms. The Morgan fingerprint density at radius 3 is 3.07 bits per heavy atom. The number of rotatable bonds is 2. The van der Waals surface area contributed by atoms with Crippen molar-refractivity contribution in [1.82, 2.24) is 15.2 Å².